The predicted octanol–water partition coefficient (Wildman–Crippen LogP) is 2.86. The van der Waals surface area contributed by atoms with Crippen LogP contribution in [-0.2, 0) is 5.54 Å². The van der Waals surface area contributed by atoms with Crippen LogP contribution in [0.3, 0.4) is 0 Å². The van der Waals surface area contributed by atoms with Gasteiger partial charge < -0.3 is 19.5 Å². The van der Waals surface area contributed by atoms with Gasteiger partial charge in [-0.1, -0.05) is 18.0 Å². The summed E-state index contributed by atoms with van der Waals surface area (Å²) in [6.45, 7) is 3.11. The molecular weight excluding hydrogens is 422 g/mol. The minimum absolute atomic E-state index is 0.0501. The summed E-state index contributed by atoms with van der Waals surface area (Å²) in [6, 6.07) is 0. The molecule has 1 amide bonds. The van der Waals surface area contributed by atoms with E-state index in [-0.39, 0.29) is 17.4 Å². The van der Waals surface area contributed by atoms with Crippen molar-refractivity contribution in [2.24, 2.45) is 11.8 Å². The summed E-state index contributed by atoms with van der Waals surface area (Å²) in [6.07, 6.45) is 6.29. The predicted molar refractivity (Wildman–Crippen MR) is 109 cm³/mol. The lowest BCUT2D eigenvalue weighted by Crippen LogP contribution is -2.56. The van der Waals surface area contributed by atoms with E-state index < -0.39 is 30.5 Å². The van der Waals surface area contributed by atoms with Crippen molar-refractivity contribution in [1.82, 2.24) is 25.4 Å². The quantitative estimate of drug-likeness (QED) is 0.624. The molecule has 0 radical (unpaired) electrons. The van der Waals surface area contributed by atoms with Crippen LogP contribution in [0.4, 0.5) is 14.6 Å². The van der Waals surface area contributed by atoms with Gasteiger partial charge in [0.2, 0.25) is 5.89 Å². The summed E-state index contributed by atoms with van der Waals surface area (Å²) in [5, 5.41) is 7.01. The Morgan fingerprint density at radius 2 is 2.00 bits per heavy atom. The van der Waals surface area contributed by atoms with Gasteiger partial charge in [-0.3, -0.25) is 4.79 Å². The summed E-state index contributed by atoms with van der Waals surface area (Å²) in [7, 11) is 0. The highest BCUT2D eigenvalue weighted by Gasteiger charge is 2.46. The largest absolute Gasteiger partial charge is 0.475 e. The molecule has 1 N–H and O–H groups in total. The van der Waals surface area contributed by atoms with Crippen molar-refractivity contribution in [3.63, 3.8) is 0 Å². The number of ether oxygens (including phenoxy) is 1. The maximum absolute atomic E-state index is 13.4. The molecule has 11 heteroatoms. The van der Waals surface area contributed by atoms with Crippen molar-refractivity contribution < 1.29 is 22.8 Å². The number of amides is 1. The molecule has 5 rings (SSSR count). The molecule has 0 spiro atoms. The first-order valence-electron chi connectivity index (χ1n) is 11.0. The van der Waals surface area contributed by atoms with E-state index in [2.05, 4.69) is 25.4 Å². The minimum atomic E-state index is -2.75. The SMILES string of the molecule is Cc1nc([C@](C)(CC2CC2)NC(=O)c2cnc(N3CC(F)(F)C3)c(OCC3CC3)n2)no1. The van der Waals surface area contributed by atoms with E-state index in [0.29, 0.717) is 36.6 Å². The highest BCUT2D eigenvalue weighted by molar-refractivity contribution is 5.93. The number of anilines is 1. The average molecular weight is 448 g/mol. The van der Waals surface area contributed by atoms with Gasteiger partial charge in [-0.2, -0.15) is 4.98 Å². The normalized spacial score (nSPS) is 21.6. The molecule has 2 aliphatic carbocycles. The number of halogens is 2. The highest BCUT2D eigenvalue weighted by Crippen LogP contribution is 2.40. The number of hydrogen-bond acceptors (Lipinski definition) is 8. The fourth-order valence-corrected chi connectivity index (χ4v) is 3.87. The maximum atomic E-state index is 13.4. The first-order valence-corrected chi connectivity index (χ1v) is 11.0. The average Bonchev–Trinajstić information content (AvgIpc) is 3.65. The Kier molecular flexibility index (Phi) is 5.01. The zero-order valence-corrected chi connectivity index (χ0v) is 18.1. The van der Waals surface area contributed by atoms with Crippen LogP contribution in [0, 0.1) is 18.8 Å². The van der Waals surface area contributed by atoms with Gasteiger partial charge in [-0.05, 0) is 38.0 Å². The Morgan fingerprint density at radius 3 is 2.59 bits per heavy atom. The first-order chi connectivity index (χ1) is 15.2. The van der Waals surface area contributed by atoms with E-state index in [1.165, 1.54) is 11.1 Å². The number of aromatic nitrogens is 4. The third-order valence-electron chi connectivity index (χ3n) is 6.06. The third-order valence-corrected chi connectivity index (χ3v) is 6.06. The second kappa shape index (κ2) is 7.63. The molecule has 2 aromatic rings. The van der Waals surface area contributed by atoms with Crippen LogP contribution in [0.1, 0.15) is 61.2 Å². The van der Waals surface area contributed by atoms with Crippen LogP contribution in [0.25, 0.3) is 0 Å². The van der Waals surface area contributed by atoms with E-state index >= 15 is 0 Å². The van der Waals surface area contributed by atoms with Crippen molar-refractivity contribution in [1.29, 1.82) is 0 Å². The number of alkyl halides is 2. The van der Waals surface area contributed by atoms with Crippen LogP contribution in [0.5, 0.6) is 5.88 Å². The molecule has 1 aliphatic heterocycles. The maximum Gasteiger partial charge on any atom is 0.282 e. The van der Waals surface area contributed by atoms with E-state index in [9.17, 15) is 13.6 Å². The Labute approximate surface area is 183 Å². The van der Waals surface area contributed by atoms with Gasteiger partial charge in [0, 0.05) is 6.92 Å². The fourth-order valence-electron chi connectivity index (χ4n) is 3.87. The molecular formula is C21H26F2N6O3. The highest BCUT2D eigenvalue weighted by atomic mass is 19.3. The molecule has 0 bridgehead atoms. The molecule has 3 aliphatic rings. The van der Waals surface area contributed by atoms with E-state index in [0.717, 1.165) is 25.7 Å². The molecule has 1 saturated heterocycles. The van der Waals surface area contributed by atoms with Gasteiger partial charge in [-0.25, -0.2) is 18.7 Å². The van der Waals surface area contributed by atoms with Gasteiger partial charge in [0.15, 0.2) is 17.3 Å². The zero-order chi connectivity index (χ0) is 22.5. The van der Waals surface area contributed by atoms with Gasteiger partial charge >= 0.3 is 0 Å². The molecule has 2 saturated carbocycles. The molecule has 1 atom stereocenters. The fraction of sp³-hybridized carbons (Fsp3) is 0.667. The van der Waals surface area contributed by atoms with Crippen molar-refractivity contribution in [2.75, 3.05) is 24.6 Å². The number of nitrogens with zero attached hydrogens (tertiary/aromatic N) is 5. The van der Waals surface area contributed by atoms with E-state index in [1.54, 1.807) is 6.92 Å². The summed E-state index contributed by atoms with van der Waals surface area (Å²) in [4.78, 5) is 27.5. The molecule has 32 heavy (non-hydrogen) atoms. The number of nitrogens with one attached hydrogen (secondary N) is 1. The molecule has 172 valence electrons. The van der Waals surface area contributed by atoms with E-state index in [4.69, 9.17) is 9.26 Å². The molecule has 0 unspecified atom stereocenters. The summed E-state index contributed by atoms with van der Waals surface area (Å²) < 4.78 is 37.7. The monoisotopic (exact) mass is 448 g/mol. The second-order valence-electron chi connectivity index (χ2n) is 9.42. The van der Waals surface area contributed by atoms with Crippen LogP contribution in [0.2, 0.25) is 0 Å². The number of carbonyl (C=O) groups is 1. The van der Waals surface area contributed by atoms with Gasteiger partial charge in [0.1, 0.15) is 5.54 Å². The number of carbonyl (C=O) groups excluding carboxylic acids is 1. The third kappa shape index (κ3) is 4.51. The Bertz CT molecular complexity index is 1010. The summed E-state index contributed by atoms with van der Waals surface area (Å²) >= 11 is 0. The van der Waals surface area contributed by atoms with Crippen LogP contribution in [0.15, 0.2) is 10.7 Å². The zero-order valence-electron chi connectivity index (χ0n) is 18.1. The molecule has 3 fully saturated rings. The number of rotatable bonds is 9. The topological polar surface area (TPSA) is 106 Å². The van der Waals surface area contributed by atoms with Crippen molar-refractivity contribution in [3.8, 4) is 5.88 Å². The summed E-state index contributed by atoms with van der Waals surface area (Å²) in [5.74, 6) is -1.11. The van der Waals surface area contributed by atoms with Crippen LogP contribution < -0.4 is 15.0 Å². The first kappa shape index (κ1) is 21.0. The smallest absolute Gasteiger partial charge is 0.282 e. The van der Waals surface area contributed by atoms with E-state index in [1.807, 2.05) is 6.92 Å². The molecule has 0 aromatic carbocycles. The summed E-state index contributed by atoms with van der Waals surface area (Å²) in [5.41, 5.74) is -0.778. The second-order valence-corrected chi connectivity index (χ2v) is 9.42. The molecule has 2 aromatic heterocycles. The lowest BCUT2D eigenvalue weighted by molar-refractivity contribution is -0.0270. The number of aryl methyl sites for hydroxylation is 1. The molecule has 9 nitrogen and oxygen atoms in total. The van der Waals surface area contributed by atoms with Crippen LogP contribution in [-0.4, -0.2) is 51.6 Å². The minimum Gasteiger partial charge on any atom is -0.475 e. The van der Waals surface area contributed by atoms with Crippen molar-refractivity contribution in [3.05, 3.63) is 23.6 Å². The van der Waals surface area contributed by atoms with Gasteiger partial charge in [0.05, 0.1) is 25.9 Å². The number of hydrogen-bond donors (Lipinski definition) is 1. The van der Waals surface area contributed by atoms with Crippen LogP contribution >= 0.6 is 0 Å². The Hall–Kier alpha value is -2.85. The Morgan fingerprint density at radius 1 is 1.28 bits per heavy atom. The lowest BCUT2D eigenvalue weighted by atomic mass is 9.93. The molecule has 3 heterocycles. The van der Waals surface area contributed by atoms with Crippen molar-refractivity contribution >= 4 is 11.7 Å². The van der Waals surface area contributed by atoms with Gasteiger partial charge in [-0.15, -0.1) is 0 Å². The standard InChI is InChI=1S/C21H26F2N6O3/c1-12-25-19(28-32-12)20(2,7-13-3-4-13)27-17(30)15-8-24-16(29-10-21(22,23)11-29)18(26-15)31-9-14-5-6-14/h8,13-14H,3-7,9-11H2,1-2H3,(H,27,30)/t20-/m0/s1. The lowest BCUT2D eigenvalue weighted by Gasteiger charge is -2.39. The Balaban J connectivity index is 1.37. The van der Waals surface area contributed by atoms with Gasteiger partial charge in [0.25, 0.3) is 17.7 Å². The van der Waals surface area contributed by atoms with Crippen molar-refractivity contribution in [2.45, 2.75) is 57.4 Å².